The van der Waals surface area contributed by atoms with E-state index < -0.39 is 30.1 Å². The molecule has 4 N–H and O–H groups in total. The van der Waals surface area contributed by atoms with Crippen molar-refractivity contribution in [1.82, 2.24) is 10.6 Å². The number of carbonyl (C=O) groups excluding carboxylic acids is 2. The summed E-state index contributed by atoms with van der Waals surface area (Å²) in [5.41, 5.74) is 4.47. The first-order valence-corrected chi connectivity index (χ1v) is 10.7. The fourth-order valence-corrected chi connectivity index (χ4v) is 3.93. The number of nitrogens with one attached hydrogen (secondary N) is 2. The van der Waals surface area contributed by atoms with Crippen molar-refractivity contribution in [3.63, 3.8) is 0 Å². The normalized spacial score (nSPS) is 14.1. The number of aliphatic hydroxyl groups is 1. The Labute approximate surface area is 186 Å². The van der Waals surface area contributed by atoms with Gasteiger partial charge in [-0.2, -0.15) is 0 Å². The third-order valence-corrected chi connectivity index (χ3v) is 5.53. The number of fused-ring (bicyclic) bond motifs is 3. The molecule has 1 aliphatic carbocycles. The molecule has 170 valence electrons. The Balaban J connectivity index is 1.46. The van der Waals surface area contributed by atoms with Crippen molar-refractivity contribution in [3.05, 3.63) is 59.7 Å². The summed E-state index contributed by atoms with van der Waals surface area (Å²) in [6.45, 7) is 1.77. The summed E-state index contributed by atoms with van der Waals surface area (Å²) in [4.78, 5) is 34.9. The smallest absolute Gasteiger partial charge is 0.407 e. The number of benzene rings is 2. The van der Waals surface area contributed by atoms with E-state index in [0.717, 1.165) is 22.3 Å². The first-order chi connectivity index (χ1) is 15.4. The zero-order valence-corrected chi connectivity index (χ0v) is 17.9. The van der Waals surface area contributed by atoms with E-state index in [2.05, 4.69) is 22.8 Å². The number of carbonyl (C=O) groups is 3. The molecule has 0 heterocycles. The molecule has 3 rings (SSSR count). The van der Waals surface area contributed by atoms with Crippen molar-refractivity contribution in [1.29, 1.82) is 0 Å². The molecule has 32 heavy (non-hydrogen) atoms. The molecule has 0 fully saturated rings. The quantitative estimate of drug-likeness (QED) is 0.450. The van der Waals surface area contributed by atoms with E-state index >= 15 is 0 Å². The number of aliphatic hydroxyl groups excluding tert-OH is 1. The maximum absolute atomic E-state index is 12.1. The first kappa shape index (κ1) is 23.3. The standard InChI is InChI=1S/C24H28N2O6/c1-2-15(11-23(29)30)26-22(28)12-16(27)13-25-24(31)32-14-21-19-9-5-3-7-17(19)18-8-4-6-10-20(18)21/h3-10,15-16,21,27H,2,11-14H2,1H3,(H,25,31)(H,26,28)(H,29,30). The van der Waals surface area contributed by atoms with E-state index in [9.17, 15) is 19.5 Å². The van der Waals surface area contributed by atoms with Crippen LogP contribution < -0.4 is 10.6 Å². The molecule has 2 amide bonds. The molecule has 0 spiro atoms. The minimum atomic E-state index is -1.11. The number of carboxylic acids is 1. The molecular formula is C24H28N2O6. The average Bonchev–Trinajstić information content (AvgIpc) is 3.09. The van der Waals surface area contributed by atoms with Gasteiger partial charge < -0.3 is 25.6 Å². The van der Waals surface area contributed by atoms with E-state index in [1.165, 1.54) is 0 Å². The third-order valence-electron chi connectivity index (χ3n) is 5.53. The van der Waals surface area contributed by atoms with E-state index in [4.69, 9.17) is 9.84 Å². The topological polar surface area (TPSA) is 125 Å². The van der Waals surface area contributed by atoms with Crippen molar-refractivity contribution in [2.24, 2.45) is 0 Å². The molecule has 0 radical (unpaired) electrons. The van der Waals surface area contributed by atoms with Gasteiger partial charge in [0.25, 0.3) is 0 Å². The molecule has 0 saturated heterocycles. The van der Waals surface area contributed by atoms with Crippen LogP contribution in [0, 0.1) is 0 Å². The number of alkyl carbamates (subject to hydrolysis) is 1. The number of aliphatic carboxylic acids is 1. The lowest BCUT2D eigenvalue weighted by Crippen LogP contribution is -2.40. The van der Waals surface area contributed by atoms with Crippen molar-refractivity contribution < 1.29 is 29.3 Å². The highest BCUT2D eigenvalue weighted by atomic mass is 16.5. The molecule has 0 saturated carbocycles. The highest BCUT2D eigenvalue weighted by molar-refractivity contribution is 5.79. The molecule has 2 aromatic rings. The molecule has 1 aliphatic rings. The van der Waals surface area contributed by atoms with Crippen molar-refractivity contribution in [2.75, 3.05) is 13.2 Å². The van der Waals surface area contributed by atoms with Gasteiger partial charge in [-0.25, -0.2) is 4.79 Å². The van der Waals surface area contributed by atoms with Crippen molar-refractivity contribution in [2.45, 2.75) is 44.2 Å². The second-order valence-electron chi connectivity index (χ2n) is 7.83. The lowest BCUT2D eigenvalue weighted by molar-refractivity contribution is -0.137. The van der Waals surface area contributed by atoms with E-state index in [1.807, 2.05) is 36.4 Å². The summed E-state index contributed by atoms with van der Waals surface area (Å²) < 4.78 is 5.39. The van der Waals surface area contributed by atoms with Gasteiger partial charge >= 0.3 is 12.1 Å². The second kappa shape index (κ2) is 10.8. The van der Waals surface area contributed by atoms with Crippen LogP contribution in [0.25, 0.3) is 11.1 Å². The molecule has 2 aromatic carbocycles. The van der Waals surface area contributed by atoms with Crippen LogP contribution in [0.3, 0.4) is 0 Å². The molecule has 0 aromatic heterocycles. The number of hydrogen-bond acceptors (Lipinski definition) is 5. The number of amides is 2. The summed E-state index contributed by atoms with van der Waals surface area (Å²) in [5, 5.41) is 23.9. The Hall–Kier alpha value is -3.39. The van der Waals surface area contributed by atoms with Crippen LogP contribution in [0.2, 0.25) is 0 Å². The van der Waals surface area contributed by atoms with Gasteiger partial charge in [0, 0.05) is 18.5 Å². The van der Waals surface area contributed by atoms with E-state index in [-0.39, 0.29) is 31.9 Å². The Morgan fingerprint density at radius 1 is 1.00 bits per heavy atom. The number of rotatable bonds is 10. The Kier molecular flexibility index (Phi) is 7.83. The fraction of sp³-hybridized carbons (Fsp3) is 0.375. The molecular weight excluding hydrogens is 412 g/mol. The van der Waals surface area contributed by atoms with Gasteiger partial charge in [0.2, 0.25) is 5.91 Å². The van der Waals surface area contributed by atoms with Crippen LogP contribution in [0.5, 0.6) is 0 Å². The minimum absolute atomic E-state index is 0.0657. The summed E-state index contributed by atoms with van der Waals surface area (Å²) >= 11 is 0. The molecule has 8 heteroatoms. The molecule has 0 aliphatic heterocycles. The summed E-state index contributed by atoms with van der Waals surface area (Å²) in [7, 11) is 0. The van der Waals surface area contributed by atoms with Gasteiger partial charge in [-0.1, -0.05) is 55.5 Å². The molecule has 0 bridgehead atoms. The summed E-state index contributed by atoms with van der Waals surface area (Å²) in [6, 6.07) is 15.5. The number of carboxylic acid groups (broad SMARTS) is 1. The van der Waals surface area contributed by atoms with Crippen LogP contribution in [0.1, 0.15) is 43.2 Å². The van der Waals surface area contributed by atoms with Crippen LogP contribution in [0.4, 0.5) is 4.79 Å². The zero-order chi connectivity index (χ0) is 23.1. The number of hydrogen-bond donors (Lipinski definition) is 4. The molecule has 2 atom stereocenters. The summed E-state index contributed by atoms with van der Waals surface area (Å²) in [5.74, 6) is -1.54. The predicted octanol–water partition coefficient (Wildman–Crippen LogP) is 2.65. The van der Waals surface area contributed by atoms with E-state index in [1.54, 1.807) is 6.92 Å². The molecule has 2 unspecified atom stereocenters. The predicted molar refractivity (Wildman–Crippen MR) is 118 cm³/mol. The highest BCUT2D eigenvalue weighted by Gasteiger charge is 2.29. The third kappa shape index (κ3) is 5.85. The van der Waals surface area contributed by atoms with Gasteiger partial charge in [-0.05, 0) is 28.7 Å². The van der Waals surface area contributed by atoms with Crippen molar-refractivity contribution >= 4 is 18.0 Å². The SMILES string of the molecule is CCC(CC(=O)O)NC(=O)CC(O)CNC(=O)OCC1c2ccccc2-c2ccccc21. The Bertz CT molecular complexity index is 931. The van der Waals surface area contributed by atoms with E-state index in [0.29, 0.717) is 6.42 Å². The summed E-state index contributed by atoms with van der Waals surface area (Å²) in [6.07, 6.45) is -1.76. The number of ether oxygens (including phenoxy) is 1. The average molecular weight is 440 g/mol. The molecule has 8 nitrogen and oxygen atoms in total. The van der Waals surface area contributed by atoms with Gasteiger partial charge in [0.1, 0.15) is 6.61 Å². The van der Waals surface area contributed by atoms with Crippen LogP contribution in [0.15, 0.2) is 48.5 Å². The maximum Gasteiger partial charge on any atom is 0.407 e. The van der Waals surface area contributed by atoms with Crippen LogP contribution in [-0.2, 0) is 14.3 Å². The van der Waals surface area contributed by atoms with Crippen molar-refractivity contribution in [3.8, 4) is 11.1 Å². The Morgan fingerprint density at radius 2 is 1.59 bits per heavy atom. The fourth-order valence-electron chi connectivity index (χ4n) is 3.93. The maximum atomic E-state index is 12.1. The monoisotopic (exact) mass is 440 g/mol. The first-order valence-electron chi connectivity index (χ1n) is 10.7. The van der Waals surface area contributed by atoms with Crippen LogP contribution >= 0.6 is 0 Å². The van der Waals surface area contributed by atoms with Gasteiger partial charge in [0.15, 0.2) is 0 Å². The second-order valence-corrected chi connectivity index (χ2v) is 7.83. The van der Waals surface area contributed by atoms with Gasteiger partial charge in [-0.15, -0.1) is 0 Å². The Morgan fingerprint density at radius 3 is 2.16 bits per heavy atom. The van der Waals surface area contributed by atoms with Gasteiger partial charge in [-0.3, -0.25) is 9.59 Å². The van der Waals surface area contributed by atoms with Gasteiger partial charge in [0.05, 0.1) is 18.9 Å². The highest BCUT2D eigenvalue weighted by Crippen LogP contribution is 2.44. The minimum Gasteiger partial charge on any atom is -0.481 e. The largest absolute Gasteiger partial charge is 0.481 e. The van der Waals surface area contributed by atoms with Crippen LogP contribution in [-0.4, -0.2) is 53.5 Å². The lowest BCUT2D eigenvalue weighted by Gasteiger charge is -2.17. The lowest BCUT2D eigenvalue weighted by atomic mass is 9.98. The zero-order valence-electron chi connectivity index (χ0n) is 17.9.